The maximum Gasteiger partial charge on any atom is 0.336 e. The number of nitrogens with zero attached hydrogens (tertiary/aromatic N) is 2. The second kappa shape index (κ2) is 8.58. The van der Waals surface area contributed by atoms with Gasteiger partial charge in [0.1, 0.15) is 11.3 Å². The zero-order valence-electron chi connectivity index (χ0n) is 18.1. The highest BCUT2D eigenvalue weighted by atomic mass is 16.5. The van der Waals surface area contributed by atoms with Crippen LogP contribution in [0.25, 0.3) is 22.1 Å². The molecule has 7 heteroatoms. The molecule has 0 atom stereocenters. The maximum atomic E-state index is 12.1. The molecule has 2 aliphatic heterocycles. The molecule has 168 valence electrons. The summed E-state index contributed by atoms with van der Waals surface area (Å²) in [6, 6.07) is 15.8. The van der Waals surface area contributed by atoms with Crippen LogP contribution in [0.1, 0.15) is 12.8 Å². The lowest BCUT2D eigenvalue weighted by Gasteiger charge is -2.48. The second-order valence-corrected chi connectivity index (χ2v) is 8.73. The van der Waals surface area contributed by atoms with Gasteiger partial charge < -0.3 is 24.3 Å². The van der Waals surface area contributed by atoms with Gasteiger partial charge in [0, 0.05) is 42.2 Å². The van der Waals surface area contributed by atoms with E-state index in [1.807, 2.05) is 18.2 Å². The molecule has 0 aliphatic carbocycles. The van der Waals surface area contributed by atoms with Crippen molar-refractivity contribution in [3.05, 3.63) is 59.0 Å². The molecule has 0 bridgehead atoms. The van der Waals surface area contributed by atoms with E-state index < -0.39 is 6.29 Å². The lowest BCUT2D eigenvalue weighted by molar-refractivity contribution is -0.101. The summed E-state index contributed by atoms with van der Waals surface area (Å²) < 4.78 is 10.7. The van der Waals surface area contributed by atoms with Crippen LogP contribution in [-0.2, 0) is 0 Å². The molecule has 2 fully saturated rings. The summed E-state index contributed by atoms with van der Waals surface area (Å²) in [5.41, 5.74) is 3.12. The molecule has 2 saturated heterocycles. The standard InChI is InChI=1S/C25H28N2O5/c1-31-20-6-7-23-22(12-20)21(13-24(28)32-23)16-2-4-18(5-3-16)27-14-19(15-27)26-10-8-17(9-11-26)25(29)30/h2-7,12-13,17,19,25,29-30H,8-11,14-15H2,1H3. The Balaban J connectivity index is 1.28. The molecule has 2 N–H and O–H groups in total. The Morgan fingerprint density at radius 2 is 1.75 bits per heavy atom. The minimum absolute atomic E-state index is 0.00597. The molecule has 0 radical (unpaired) electrons. The maximum absolute atomic E-state index is 12.1. The van der Waals surface area contributed by atoms with Crippen molar-refractivity contribution in [1.29, 1.82) is 0 Å². The number of ether oxygens (including phenoxy) is 1. The third-order valence-electron chi connectivity index (χ3n) is 6.87. The Kier molecular flexibility index (Phi) is 5.63. The number of benzene rings is 2. The van der Waals surface area contributed by atoms with Crippen LogP contribution in [0, 0.1) is 5.92 Å². The van der Waals surface area contributed by atoms with Crippen molar-refractivity contribution in [2.24, 2.45) is 5.92 Å². The van der Waals surface area contributed by atoms with E-state index in [9.17, 15) is 15.0 Å². The van der Waals surface area contributed by atoms with Crippen LogP contribution >= 0.6 is 0 Å². The van der Waals surface area contributed by atoms with Crippen LogP contribution in [-0.4, -0.2) is 60.7 Å². The number of aliphatic hydroxyl groups is 2. The fourth-order valence-electron chi connectivity index (χ4n) is 4.84. The molecule has 7 nitrogen and oxygen atoms in total. The van der Waals surface area contributed by atoms with E-state index in [-0.39, 0.29) is 11.5 Å². The van der Waals surface area contributed by atoms with Crippen molar-refractivity contribution in [3.63, 3.8) is 0 Å². The first kappa shape index (κ1) is 21.0. The molecule has 3 aromatic rings. The van der Waals surface area contributed by atoms with Crippen molar-refractivity contribution in [1.82, 2.24) is 4.90 Å². The lowest BCUT2D eigenvalue weighted by Crippen LogP contribution is -2.61. The minimum Gasteiger partial charge on any atom is -0.497 e. The molecule has 32 heavy (non-hydrogen) atoms. The smallest absolute Gasteiger partial charge is 0.336 e. The van der Waals surface area contributed by atoms with Gasteiger partial charge in [-0.1, -0.05) is 12.1 Å². The van der Waals surface area contributed by atoms with Gasteiger partial charge in [-0.25, -0.2) is 4.79 Å². The predicted octanol–water partition coefficient (Wildman–Crippen LogP) is 2.68. The third-order valence-corrected chi connectivity index (χ3v) is 6.87. The van der Waals surface area contributed by atoms with Crippen molar-refractivity contribution in [3.8, 4) is 16.9 Å². The molecular weight excluding hydrogens is 408 g/mol. The number of hydrogen-bond acceptors (Lipinski definition) is 7. The number of fused-ring (bicyclic) bond motifs is 1. The zero-order chi connectivity index (χ0) is 22.2. The van der Waals surface area contributed by atoms with Gasteiger partial charge in [0.15, 0.2) is 6.29 Å². The number of likely N-dealkylation sites (tertiary alicyclic amines) is 1. The van der Waals surface area contributed by atoms with E-state index in [1.54, 1.807) is 19.2 Å². The summed E-state index contributed by atoms with van der Waals surface area (Å²) >= 11 is 0. The molecule has 0 unspecified atom stereocenters. The predicted molar refractivity (Wildman–Crippen MR) is 123 cm³/mol. The van der Waals surface area contributed by atoms with E-state index in [0.29, 0.717) is 17.4 Å². The Hall–Kier alpha value is -2.87. The minimum atomic E-state index is -1.19. The molecule has 2 aromatic carbocycles. The van der Waals surface area contributed by atoms with Crippen LogP contribution in [0.2, 0.25) is 0 Å². The summed E-state index contributed by atoms with van der Waals surface area (Å²) in [6.07, 6.45) is 0.488. The van der Waals surface area contributed by atoms with Gasteiger partial charge in [-0.2, -0.15) is 0 Å². The highest BCUT2D eigenvalue weighted by Crippen LogP contribution is 2.33. The quantitative estimate of drug-likeness (QED) is 0.470. The van der Waals surface area contributed by atoms with Crippen LogP contribution in [0.3, 0.4) is 0 Å². The van der Waals surface area contributed by atoms with Crippen molar-refractivity contribution < 1.29 is 19.4 Å². The summed E-state index contributed by atoms with van der Waals surface area (Å²) in [6.45, 7) is 3.79. The first-order valence-electron chi connectivity index (χ1n) is 11.1. The molecule has 0 spiro atoms. The van der Waals surface area contributed by atoms with Gasteiger partial charge in [0.2, 0.25) is 0 Å². The van der Waals surface area contributed by atoms with Crippen molar-refractivity contribution >= 4 is 16.7 Å². The zero-order valence-corrected chi connectivity index (χ0v) is 18.1. The van der Waals surface area contributed by atoms with E-state index in [1.165, 1.54) is 6.07 Å². The van der Waals surface area contributed by atoms with E-state index in [4.69, 9.17) is 9.15 Å². The number of piperidine rings is 1. The third kappa shape index (κ3) is 3.99. The average molecular weight is 437 g/mol. The molecule has 1 aromatic heterocycles. The van der Waals surface area contributed by atoms with Gasteiger partial charge in [-0.05, 0) is 67.4 Å². The molecule has 2 aliphatic rings. The molecular formula is C25H28N2O5. The highest BCUT2D eigenvalue weighted by molar-refractivity contribution is 5.94. The topological polar surface area (TPSA) is 86.4 Å². The SMILES string of the molecule is COc1ccc2oc(=O)cc(-c3ccc(N4CC(N5CCC(C(O)O)CC5)C4)cc3)c2c1. The molecule has 0 saturated carbocycles. The number of rotatable bonds is 5. The van der Waals surface area contributed by atoms with Gasteiger partial charge in [-0.3, -0.25) is 4.90 Å². The van der Waals surface area contributed by atoms with Gasteiger partial charge in [0.05, 0.1) is 7.11 Å². The summed E-state index contributed by atoms with van der Waals surface area (Å²) in [4.78, 5) is 16.9. The lowest BCUT2D eigenvalue weighted by atomic mass is 9.93. The summed E-state index contributed by atoms with van der Waals surface area (Å²) in [5, 5.41) is 19.6. The summed E-state index contributed by atoms with van der Waals surface area (Å²) in [7, 11) is 1.62. The Morgan fingerprint density at radius 1 is 1.03 bits per heavy atom. The van der Waals surface area contributed by atoms with E-state index >= 15 is 0 Å². The Bertz CT molecular complexity index is 1140. The van der Waals surface area contributed by atoms with Gasteiger partial charge >= 0.3 is 5.63 Å². The highest BCUT2D eigenvalue weighted by Gasteiger charge is 2.35. The number of hydrogen-bond donors (Lipinski definition) is 2. The van der Waals surface area contributed by atoms with E-state index in [0.717, 1.165) is 61.2 Å². The summed E-state index contributed by atoms with van der Waals surface area (Å²) in [5.74, 6) is 0.722. The monoisotopic (exact) mass is 436 g/mol. The van der Waals surface area contributed by atoms with Crippen LogP contribution in [0.4, 0.5) is 5.69 Å². The van der Waals surface area contributed by atoms with Crippen molar-refractivity contribution in [2.75, 3.05) is 38.2 Å². The first-order chi connectivity index (χ1) is 15.5. The van der Waals surface area contributed by atoms with Crippen LogP contribution < -0.4 is 15.3 Å². The molecule has 5 rings (SSSR count). The average Bonchev–Trinajstić information content (AvgIpc) is 2.78. The first-order valence-corrected chi connectivity index (χ1v) is 11.1. The second-order valence-electron chi connectivity index (χ2n) is 8.73. The normalized spacial score (nSPS) is 18.3. The number of anilines is 1. The van der Waals surface area contributed by atoms with Crippen LogP contribution in [0.5, 0.6) is 5.75 Å². The Morgan fingerprint density at radius 3 is 2.41 bits per heavy atom. The largest absolute Gasteiger partial charge is 0.497 e. The van der Waals surface area contributed by atoms with Crippen molar-refractivity contribution in [2.45, 2.75) is 25.2 Å². The fourth-order valence-corrected chi connectivity index (χ4v) is 4.84. The van der Waals surface area contributed by atoms with Crippen LogP contribution in [0.15, 0.2) is 57.7 Å². The van der Waals surface area contributed by atoms with E-state index in [2.05, 4.69) is 21.9 Å². The number of aliphatic hydroxyl groups excluding tert-OH is 1. The van der Waals surface area contributed by atoms with Gasteiger partial charge in [0.25, 0.3) is 0 Å². The number of methoxy groups -OCH3 is 1. The molecule has 0 amide bonds. The Labute approximate surface area is 186 Å². The van der Waals surface area contributed by atoms with Gasteiger partial charge in [-0.15, -0.1) is 0 Å². The fraction of sp³-hybridized carbons (Fsp3) is 0.400. The molecule has 3 heterocycles.